The van der Waals surface area contributed by atoms with Gasteiger partial charge in [-0.2, -0.15) is 0 Å². The molecule has 0 spiro atoms. The largest absolute Gasteiger partial charge is 0.465 e. The molecular formula is C19H21NO3S2. The number of ether oxygens (including phenoxy) is 1. The number of anilines is 1. The van der Waals surface area contributed by atoms with Crippen molar-refractivity contribution < 1.29 is 14.3 Å². The van der Waals surface area contributed by atoms with Crippen LogP contribution in [0.4, 0.5) is 5.00 Å². The molecule has 2 rings (SSSR count). The molecule has 0 aliphatic carbocycles. The van der Waals surface area contributed by atoms with E-state index in [1.807, 2.05) is 37.4 Å². The number of nitrogens with one attached hydrogen (secondary N) is 1. The summed E-state index contributed by atoms with van der Waals surface area (Å²) in [6.07, 6.45) is 1.75. The summed E-state index contributed by atoms with van der Waals surface area (Å²) in [6.45, 7) is 7.63. The van der Waals surface area contributed by atoms with E-state index in [1.54, 1.807) is 6.08 Å². The lowest BCUT2D eigenvalue weighted by atomic mass is 9.97. The molecule has 0 fully saturated rings. The molecule has 1 aromatic carbocycles. The first kappa shape index (κ1) is 19.3. The van der Waals surface area contributed by atoms with E-state index in [2.05, 4.69) is 11.9 Å². The molecule has 0 bridgehead atoms. The van der Waals surface area contributed by atoms with E-state index < -0.39 is 5.97 Å². The Morgan fingerprint density at radius 3 is 2.76 bits per heavy atom. The molecule has 0 aliphatic heterocycles. The maximum Gasteiger partial charge on any atom is 0.341 e. The van der Waals surface area contributed by atoms with Crippen molar-refractivity contribution in [2.75, 3.05) is 23.9 Å². The Balaban J connectivity index is 2.38. The standard InChI is InChI=1S/C19H21NO3S2/c1-5-8-24-11-16(21)20-18-17(19(22)23-4)15(10-25-18)14-9-12(2)6-7-13(14)3/h5-7,9-10H,1,8,11H2,2-4H3,(H,20,21). The van der Waals surface area contributed by atoms with Gasteiger partial charge in [0.1, 0.15) is 10.6 Å². The topological polar surface area (TPSA) is 55.4 Å². The molecule has 132 valence electrons. The number of rotatable bonds is 7. The Kier molecular flexibility index (Phi) is 6.84. The maximum atomic E-state index is 12.3. The number of thioether (sulfide) groups is 1. The van der Waals surface area contributed by atoms with E-state index in [9.17, 15) is 9.59 Å². The molecule has 4 nitrogen and oxygen atoms in total. The molecule has 0 saturated carbocycles. The Morgan fingerprint density at radius 1 is 1.32 bits per heavy atom. The van der Waals surface area contributed by atoms with Gasteiger partial charge in [0.05, 0.1) is 12.9 Å². The van der Waals surface area contributed by atoms with Gasteiger partial charge in [-0.05, 0) is 25.0 Å². The van der Waals surface area contributed by atoms with Crippen LogP contribution in [0.5, 0.6) is 0 Å². The summed E-state index contributed by atoms with van der Waals surface area (Å²) in [4.78, 5) is 24.4. The van der Waals surface area contributed by atoms with E-state index in [0.717, 1.165) is 22.3 Å². The van der Waals surface area contributed by atoms with Crippen LogP contribution in [0, 0.1) is 13.8 Å². The van der Waals surface area contributed by atoms with Crippen LogP contribution in [0.1, 0.15) is 21.5 Å². The summed E-state index contributed by atoms with van der Waals surface area (Å²) >= 11 is 2.80. The van der Waals surface area contributed by atoms with Gasteiger partial charge in [-0.1, -0.05) is 29.8 Å². The minimum Gasteiger partial charge on any atom is -0.465 e. The molecule has 1 amide bonds. The molecule has 0 atom stereocenters. The van der Waals surface area contributed by atoms with Crippen molar-refractivity contribution in [3.63, 3.8) is 0 Å². The van der Waals surface area contributed by atoms with Gasteiger partial charge in [0, 0.05) is 16.7 Å². The number of methoxy groups -OCH3 is 1. The Hall–Kier alpha value is -2.05. The number of hydrogen-bond acceptors (Lipinski definition) is 5. The first-order valence-corrected chi connectivity index (χ1v) is 9.77. The number of thiophene rings is 1. The highest BCUT2D eigenvalue weighted by Gasteiger charge is 2.23. The lowest BCUT2D eigenvalue weighted by Gasteiger charge is -2.10. The monoisotopic (exact) mass is 375 g/mol. The summed E-state index contributed by atoms with van der Waals surface area (Å²) in [5.74, 6) is 0.413. The number of esters is 1. The van der Waals surface area contributed by atoms with Crippen molar-refractivity contribution in [2.45, 2.75) is 13.8 Å². The van der Waals surface area contributed by atoms with E-state index in [4.69, 9.17) is 4.74 Å². The highest BCUT2D eigenvalue weighted by Crippen LogP contribution is 2.38. The summed E-state index contributed by atoms with van der Waals surface area (Å²) in [5.41, 5.74) is 4.33. The summed E-state index contributed by atoms with van der Waals surface area (Å²) < 4.78 is 4.95. The second-order valence-electron chi connectivity index (χ2n) is 5.52. The molecule has 6 heteroatoms. The number of hydrogen-bond donors (Lipinski definition) is 1. The average Bonchev–Trinajstić information content (AvgIpc) is 2.99. The molecular weight excluding hydrogens is 354 g/mol. The van der Waals surface area contributed by atoms with Crippen LogP contribution in [-0.2, 0) is 9.53 Å². The molecule has 0 unspecified atom stereocenters. The minimum absolute atomic E-state index is 0.147. The molecule has 1 aromatic heterocycles. The number of amides is 1. The van der Waals surface area contributed by atoms with Crippen LogP contribution >= 0.6 is 23.1 Å². The lowest BCUT2D eigenvalue weighted by molar-refractivity contribution is -0.113. The summed E-state index contributed by atoms with van der Waals surface area (Å²) in [6, 6.07) is 6.09. The van der Waals surface area contributed by atoms with Gasteiger partial charge in [-0.15, -0.1) is 29.7 Å². The van der Waals surface area contributed by atoms with Crippen LogP contribution < -0.4 is 5.32 Å². The van der Waals surface area contributed by atoms with Crippen molar-refractivity contribution in [3.8, 4) is 11.1 Å². The van der Waals surface area contributed by atoms with Crippen LogP contribution in [0.25, 0.3) is 11.1 Å². The Bertz CT molecular complexity index is 796. The van der Waals surface area contributed by atoms with Crippen LogP contribution in [0.15, 0.2) is 36.2 Å². The van der Waals surface area contributed by atoms with Gasteiger partial charge in [-0.3, -0.25) is 4.79 Å². The number of aryl methyl sites for hydroxylation is 2. The quantitative estimate of drug-likeness (QED) is 0.434. The van der Waals surface area contributed by atoms with Crippen LogP contribution in [0.2, 0.25) is 0 Å². The highest BCUT2D eigenvalue weighted by molar-refractivity contribution is 8.00. The fourth-order valence-electron chi connectivity index (χ4n) is 2.38. The predicted molar refractivity (Wildman–Crippen MR) is 107 cm³/mol. The smallest absolute Gasteiger partial charge is 0.341 e. The average molecular weight is 376 g/mol. The van der Waals surface area contributed by atoms with E-state index in [1.165, 1.54) is 30.2 Å². The fraction of sp³-hybridized carbons (Fsp3) is 0.263. The van der Waals surface area contributed by atoms with Gasteiger partial charge in [0.15, 0.2) is 0 Å². The third-order valence-corrected chi connectivity index (χ3v) is 5.42. The van der Waals surface area contributed by atoms with E-state index in [0.29, 0.717) is 22.1 Å². The van der Waals surface area contributed by atoms with Gasteiger partial charge in [-0.25, -0.2) is 4.79 Å². The first-order chi connectivity index (χ1) is 12.0. The highest BCUT2D eigenvalue weighted by atomic mass is 32.2. The fourth-order valence-corrected chi connectivity index (χ4v) is 3.88. The summed E-state index contributed by atoms with van der Waals surface area (Å²) in [7, 11) is 1.35. The number of carbonyl (C=O) groups excluding carboxylic acids is 2. The zero-order valence-electron chi connectivity index (χ0n) is 14.5. The third kappa shape index (κ3) is 4.74. The second-order valence-corrected chi connectivity index (χ2v) is 7.43. The van der Waals surface area contributed by atoms with Gasteiger partial charge >= 0.3 is 5.97 Å². The molecule has 25 heavy (non-hydrogen) atoms. The molecule has 0 aliphatic rings. The van der Waals surface area contributed by atoms with Crippen molar-refractivity contribution in [1.82, 2.24) is 0 Å². The zero-order chi connectivity index (χ0) is 18.4. The molecule has 2 aromatic rings. The van der Waals surface area contributed by atoms with E-state index >= 15 is 0 Å². The number of benzene rings is 1. The van der Waals surface area contributed by atoms with Crippen LogP contribution in [0.3, 0.4) is 0 Å². The second kappa shape index (κ2) is 8.87. The summed E-state index contributed by atoms with van der Waals surface area (Å²) in [5, 5.41) is 5.24. The SMILES string of the molecule is C=CCSCC(=O)Nc1scc(-c2cc(C)ccc2C)c1C(=O)OC. The van der Waals surface area contributed by atoms with Crippen molar-refractivity contribution in [2.24, 2.45) is 0 Å². The molecule has 1 heterocycles. The normalized spacial score (nSPS) is 10.4. The van der Waals surface area contributed by atoms with E-state index in [-0.39, 0.29) is 5.91 Å². The first-order valence-electron chi connectivity index (χ1n) is 7.73. The minimum atomic E-state index is -0.453. The third-order valence-electron chi connectivity index (χ3n) is 3.59. The van der Waals surface area contributed by atoms with Crippen molar-refractivity contribution >= 4 is 40.0 Å². The van der Waals surface area contributed by atoms with Crippen molar-refractivity contribution in [3.05, 3.63) is 52.9 Å². The maximum absolute atomic E-state index is 12.3. The predicted octanol–water partition coefficient (Wildman–Crippen LogP) is 4.68. The van der Waals surface area contributed by atoms with Gasteiger partial charge in [0.25, 0.3) is 0 Å². The molecule has 1 N–H and O–H groups in total. The van der Waals surface area contributed by atoms with Gasteiger partial charge in [0.2, 0.25) is 5.91 Å². The van der Waals surface area contributed by atoms with Crippen molar-refractivity contribution in [1.29, 1.82) is 0 Å². The molecule has 0 radical (unpaired) electrons. The van der Waals surface area contributed by atoms with Gasteiger partial charge < -0.3 is 10.1 Å². The molecule has 0 saturated heterocycles. The van der Waals surface area contributed by atoms with Crippen LogP contribution in [-0.4, -0.2) is 30.5 Å². The Morgan fingerprint density at radius 2 is 2.08 bits per heavy atom. The zero-order valence-corrected chi connectivity index (χ0v) is 16.2. The Labute approximate surface area is 156 Å². The lowest BCUT2D eigenvalue weighted by Crippen LogP contribution is -2.16. The number of carbonyl (C=O) groups is 2.